The van der Waals surface area contributed by atoms with Gasteiger partial charge in [0.05, 0.1) is 11.9 Å². The van der Waals surface area contributed by atoms with Crippen molar-refractivity contribution in [3.05, 3.63) is 0 Å². The van der Waals surface area contributed by atoms with E-state index in [0.717, 1.165) is 6.54 Å². The van der Waals surface area contributed by atoms with E-state index in [1.54, 1.807) is 6.21 Å². The van der Waals surface area contributed by atoms with E-state index >= 15 is 0 Å². The lowest BCUT2D eigenvalue weighted by molar-refractivity contribution is 0.259. The Labute approximate surface area is 60.5 Å². The third kappa shape index (κ3) is 1.58. The third-order valence-corrected chi connectivity index (χ3v) is 1.58. The van der Waals surface area contributed by atoms with Crippen molar-refractivity contribution in [3.8, 4) is 0 Å². The summed E-state index contributed by atoms with van der Waals surface area (Å²) in [5, 5.41) is 6.19. The Morgan fingerprint density at radius 1 is 1.78 bits per heavy atom. The second kappa shape index (κ2) is 2.56. The van der Waals surface area contributed by atoms with Crippen LogP contribution < -0.4 is 0 Å². The SMILES string of the molecule is CC(C)N1CC(Cl)C=N1. The van der Waals surface area contributed by atoms with Gasteiger partial charge in [-0.25, -0.2) is 0 Å². The minimum Gasteiger partial charge on any atom is -0.293 e. The number of hydrazone groups is 1. The first-order chi connectivity index (χ1) is 4.20. The van der Waals surface area contributed by atoms with Crippen LogP contribution in [0.15, 0.2) is 5.10 Å². The molecule has 0 saturated carbocycles. The number of hydrogen-bond donors (Lipinski definition) is 0. The van der Waals surface area contributed by atoms with Crippen LogP contribution in [0.25, 0.3) is 0 Å². The van der Waals surface area contributed by atoms with Gasteiger partial charge >= 0.3 is 0 Å². The van der Waals surface area contributed by atoms with Crippen LogP contribution in [0, 0.1) is 0 Å². The van der Waals surface area contributed by atoms with Gasteiger partial charge in [0.15, 0.2) is 0 Å². The van der Waals surface area contributed by atoms with E-state index in [0.29, 0.717) is 6.04 Å². The Balaban J connectivity index is 2.41. The molecule has 1 aliphatic heterocycles. The van der Waals surface area contributed by atoms with Gasteiger partial charge in [0.25, 0.3) is 0 Å². The van der Waals surface area contributed by atoms with Crippen LogP contribution in [0.2, 0.25) is 0 Å². The maximum atomic E-state index is 5.76. The summed E-state index contributed by atoms with van der Waals surface area (Å²) >= 11 is 5.76. The number of rotatable bonds is 1. The Morgan fingerprint density at radius 2 is 2.44 bits per heavy atom. The zero-order chi connectivity index (χ0) is 6.85. The van der Waals surface area contributed by atoms with E-state index < -0.39 is 0 Å². The number of halogens is 1. The van der Waals surface area contributed by atoms with Crippen LogP contribution in [0.3, 0.4) is 0 Å². The monoisotopic (exact) mass is 146 g/mol. The summed E-state index contributed by atoms with van der Waals surface area (Å²) in [6.45, 7) is 5.07. The Hall–Kier alpha value is -0.240. The highest BCUT2D eigenvalue weighted by Gasteiger charge is 2.16. The summed E-state index contributed by atoms with van der Waals surface area (Å²) < 4.78 is 0. The topological polar surface area (TPSA) is 15.6 Å². The van der Waals surface area contributed by atoms with Crippen LogP contribution in [0.5, 0.6) is 0 Å². The zero-order valence-corrected chi connectivity index (χ0v) is 6.47. The maximum Gasteiger partial charge on any atom is 0.0897 e. The second-order valence-corrected chi connectivity index (χ2v) is 3.06. The van der Waals surface area contributed by atoms with E-state index in [1.165, 1.54) is 0 Å². The Bertz CT molecular complexity index is 122. The van der Waals surface area contributed by atoms with Gasteiger partial charge in [-0.1, -0.05) is 0 Å². The summed E-state index contributed by atoms with van der Waals surface area (Å²) in [7, 11) is 0. The van der Waals surface area contributed by atoms with Crippen LogP contribution in [0.1, 0.15) is 13.8 Å². The minimum atomic E-state index is 0.118. The van der Waals surface area contributed by atoms with Gasteiger partial charge in [-0.05, 0) is 13.8 Å². The molecule has 0 spiro atoms. The first-order valence-electron chi connectivity index (χ1n) is 3.15. The molecular weight excluding hydrogens is 136 g/mol. The molecule has 0 aromatic carbocycles. The quantitative estimate of drug-likeness (QED) is 0.510. The molecule has 3 heteroatoms. The molecule has 1 rings (SSSR count). The zero-order valence-electron chi connectivity index (χ0n) is 5.71. The first-order valence-corrected chi connectivity index (χ1v) is 3.58. The lowest BCUT2D eigenvalue weighted by atomic mass is 10.3. The fourth-order valence-corrected chi connectivity index (χ4v) is 0.967. The largest absolute Gasteiger partial charge is 0.293 e. The molecule has 9 heavy (non-hydrogen) atoms. The summed E-state index contributed by atoms with van der Waals surface area (Å²) in [4.78, 5) is 0. The fraction of sp³-hybridized carbons (Fsp3) is 0.833. The summed E-state index contributed by atoms with van der Waals surface area (Å²) in [5.41, 5.74) is 0. The molecule has 0 fully saturated rings. The fourth-order valence-electron chi connectivity index (χ4n) is 0.775. The molecule has 0 radical (unpaired) electrons. The van der Waals surface area contributed by atoms with Crippen molar-refractivity contribution in [2.75, 3.05) is 6.54 Å². The van der Waals surface area contributed by atoms with E-state index in [-0.39, 0.29) is 5.38 Å². The second-order valence-electron chi connectivity index (χ2n) is 2.50. The minimum absolute atomic E-state index is 0.118. The van der Waals surface area contributed by atoms with Gasteiger partial charge in [-0.15, -0.1) is 11.6 Å². The molecule has 0 bridgehead atoms. The Morgan fingerprint density at radius 3 is 2.67 bits per heavy atom. The van der Waals surface area contributed by atoms with Crippen LogP contribution >= 0.6 is 11.6 Å². The van der Waals surface area contributed by atoms with E-state index in [9.17, 15) is 0 Å². The van der Waals surface area contributed by atoms with Crippen LogP contribution in [-0.2, 0) is 0 Å². The maximum absolute atomic E-state index is 5.76. The predicted octanol–water partition coefficient (Wildman–Crippen LogP) is 1.30. The number of nitrogens with zero attached hydrogens (tertiary/aromatic N) is 2. The average Bonchev–Trinajstić information content (AvgIpc) is 2.14. The van der Waals surface area contributed by atoms with Crippen molar-refractivity contribution in [3.63, 3.8) is 0 Å². The highest BCUT2D eigenvalue weighted by Crippen LogP contribution is 2.09. The molecular formula is C6H11ClN2. The van der Waals surface area contributed by atoms with Crippen molar-refractivity contribution < 1.29 is 0 Å². The molecule has 0 aliphatic carbocycles. The molecule has 1 heterocycles. The van der Waals surface area contributed by atoms with Crippen molar-refractivity contribution in [2.45, 2.75) is 25.3 Å². The molecule has 1 unspecified atom stereocenters. The predicted molar refractivity (Wildman–Crippen MR) is 40.0 cm³/mol. The molecule has 52 valence electrons. The first kappa shape index (κ1) is 6.87. The van der Waals surface area contributed by atoms with Crippen molar-refractivity contribution in [2.24, 2.45) is 5.10 Å². The Kier molecular flexibility index (Phi) is 1.96. The highest BCUT2D eigenvalue weighted by atomic mass is 35.5. The third-order valence-electron chi connectivity index (χ3n) is 1.33. The molecule has 0 amide bonds. The van der Waals surface area contributed by atoms with Crippen molar-refractivity contribution in [1.82, 2.24) is 5.01 Å². The molecule has 1 atom stereocenters. The van der Waals surface area contributed by atoms with E-state index in [1.807, 2.05) is 5.01 Å². The average molecular weight is 147 g/mol. The molecule has 0 N–H and O–H groups in total. The van der Waals surface area contributed by atoms with Crippen LogP contribution in [0.4, 0.5) is 0 Å². The molecule has 0 saturated heterocycles. The lowest BCUT2D eigenvalue weighted by Crippen LogP contribution is -2.25. The summed E-state index contributed by atoms with van der Waals surface area (Å²) in [6.07, 6.45) is 1.78. The number of alkyl halides is 1. The van der Waals surface area contributed by atoms with Gasteiger partial charge in [0.2, 0.25) is 0 Å². The van der Waals surface area contributed by atoms with Gasteiger partial charge < -0.3 is 0 Å². The standard InChI is InChI=1S/C6H11ClN2/c1-5(2)9-4-6(7)3-8-9/h3,5-6H,4H2,1-2H3. The molecule has 2 nitrogen and oxygen atoms in total. The smallest absolute Gasteiger partial charge is 0.0897 e. The van der Waals surface area contributed by atoms with Crippen molar-refractivity contribution in [1.29, 1.82) is 0 Å². The van der Waals surface area contributed by atoms with Crippen LogP contribution in [-0.4, -0.2) is 29.2 Å². The summed E-state index contributed by atoms with van der Waals surface area (Å²) in [6, 6.07) is 0.477. The van der Waals surface area contributed by atoms with E-state index in [4.69, 9.17) is 11.6 Å². The summed E-state index contributed by atoms with van der Waals surface area (Å²) in [5.74, 6) is 0. The molecule has 1 aliphatic rings. The normalized spacial score (nSPS) is 26.2. The van der Waals surface area contributed by atoms with E-state index in [2.05, 4.69) is 18.9 Å². The number of hydrogen-bond acceptors (Lipinski definition) is 2. The lowest BCUT2D eigenvalue weighted by Gasteiger charge is -2.17. The van der Waals surface area contributed by atoms with Gasteiger partial charge in [-0.2, -0.15) is 5.10 Å². The van der Waals surface area contributed by atoms with Gasteiger partial charge in [0, 0.05) is 12.3 Å². The van der Waals surface area contributed by atoms with Gasteiger partial charge in [-0.3, -0.25) is 5.01 Å². The highest BCUT2D eigenvalue weighted by molar-refractivity contribution is 6.28. The van der Waals surface area contributed by atoms with Crippen molar-refractivity contribution >= 4 is 17.8 Å². The molecule has 0 aromatic rings. The molecule has 0 aromatic heterocycles. The van der Waals surface area contributed by atoms with Gasteiger partial charge in [0.1, 0.15) is 0 Å².